The van der Waals surface area contributed by atoms with Gasteiger partial charge < -0.3 is 10.8 Å². The molecule has 0 bridgehead atoms. The Balaban J connectivity index is 2.87. The van der Waals surface area contributed by atoms with Crippen molar-refractivity contribution >= 4 is 11.9 Å². The van der Waals surface area contributed by atoms with Crippen LogP contribution in [0.1, 0.15) is 24.8 Å². The average molecular weight is 221 g/mol. The minimum absolute atomic E-state index is 0.134. The van der Waals surface area contributed by atoms with E-state index in [4.69, 9.17) is 10.8 Å². The molecule has 16 heavy (non-hydrogen) atoms. The molecule has 1 amide bonds. The van der Waals surface area contributed by atoms with Gasteiger partial charge >= 0.3 is 5.97 Å². The fraction of sp³-hybridized carbons (Fsp3) is 0.333. The lowest BCUT2D eigenvalue weighted by molar-refractivity contribution is -0.144. The molecule has 4 heteroatoms. The maximum Gasteiger partial charge on any atom is 0.307 e. The van der Waals surface area contributed by atoms with Crippen molar-refractivity contribution in [1.82, 2.24) is 0 Å². The lowest BCUT2D eigenvalue weighted by atomic mass is 9.85. The molecule has 0 spiro atoms. The van der Waals surface area contributed by atoms with Gasteiger partial charge in [0.2, 0.25) is 5.91 Å². The van der Waals surface area contributed by atoms with Crippen molar-refractivity contribution in [2.45, 2.75) is 19.3 Å². The summed E-state index contributed by atoms with van der Waals surface area (Å²) in [7, 11) is 0. The number of rotatable bonds is 5. The molecular formula is C12H15NO3. The highest BCUT2D eigenvalue weighted by Crippen LogP contribution is 2.26. The number of aliphatic carboxylic acids is 1. The highest BCUT2D eigenvalue weighted by Gasteiger charge is 2.27. The molecule has 1 aromatic rings. The molecule has 0 aromatic heterocycles. The second-order valence-corrected chi connectivity index (χ2v) is 3.81. The van der Waals surface area contributed by atoms with Crippen molar-refractivity contribution in [3.05, 3.63) is 35.9 Å². The maximum absolute atomic E-state index is 11.0. The SMILES string of the molecule is CC(c1ccccc1)C(CC(N)=O)C(=O)O. The van der Waals surface area contributed by atoms with Crippen LogP contribution in [-0.4, -0.2) is 17.0 Å². The predicted octanol–water partition coefficient (Wildman–Crippen LogP) is 1.37. The number of hydrogen-bond donors (Lipinski definition) is 2. The first kappa shape index (κ1) is 12.2. The van der Waals surface area contributed by atoms with Crippen LogP contribution in [0.3, 0.4) is 0 Å². The van der Waals surface area contributed by atoms with Gasteiger partial charge in [-0.05, 0) is 11.5 Å². The van der Waals surface area contributed by atoms with Crippen LogP contribution in [0.5, 0.6) is 0 Å². The first-order valence-electron chi connectivity index (χ1n) is 5.08. The predicted molar refractivity (Wildman–Crippen MR) is 59.8 cm³/mol. The normalized spacial score (nSPS) is 14.1. The number of nitrogens with two attached hydrogens (primary N) is 1. The second-order valence-electron chi connectivity index (χ2n) is 3.81. The summed E-state index contributed by atoms with van der Waals surface area (Å²) in [6, 6.07) is 9.24. The minimum atomic E-state index is -0.991. The van der Waals surface area contributed by atoms with Crippen molar-refractivity contribution in [2.75, 3.05) is 0 Å². The fourth-order valence-corrected chi connectivity index (χ4v) is 1.68. The zero-order valence-electron chi connectivity index (χ0n) is 9.09. The van der Waals surface area contributed by atoms with Crippen LogP contribution in [0.25, 0.3) is 0 Å². The Morgan fingerprint density at radius 1 is 1.31 bits per heavy atom. The number of benzene rings is 1. The summed E-state index contributed by atoms with van der Waals surface area (Å²) < 4.78 is 0. The largest absolute Gasteiger partial charge is 0.481 e. The Bertz CT molecular complexity index is 375. The smallest absolute Gasteiger partial charge is 0.307 e. The van der Waals surface area contributed by atoms with Crippen molar-refractivity contribution < 1.29 is 14.7 Å². The fourth-order valence-electron chi connectivity index (χ4n) is 1.68. The molecule has 1 aromatic carbocycles. The summed E-state index contributed by atoms with van der Waals surface area (Å²) in [6.07, 6.45) is -0.134. The van der Waals surface area contributed by atoms with Crippen LogP contribution < -0.4 is 5.73 Å². The number of carboxylic acid groups (broad SMARTS) is 1. The second kappa shape index (κ2) is 5.30. The number of carboxylic acids is 1. The van der Waals surface area contributed by atoms with Crippen molar-refractivity contribution in [3.8, 4) is 0 Å². The number of carbonyl (C=O) groups excluding carboxylic acids is 1. The maximum atomic E-state index is 11.0. The standard InChI is InChI=1S/C12H15NO3/c1-8(9-5-3-2-4-6-9)10(12(15)16)7-11(13)14/h2-6,8,10H,7H2,1H3,(H2,13,14)(H,15,16). The zero-order chi connectivity index (χ0) is 12.1. The first-order chi connectivity index (χ1) is 7.52. The van der Waals surface area contributed by atoms with E-state index in [0.717, 1.165) is 5.56 Å². The molecule has 0 aliphatic carbocycles. The summed E-state index contributed by atoms with van der Waals surface area (Å²) >= 11 is 0. The summed E-state index contributed by atoms with van der Waals surface area (Å²) in [5, 5.41) is 9.05. The van der Waals surface area contributed by atoms with Crippen molar-refractivity contribution in [1.29, 1.82) is 0 Å². The number of primary amides is 1. The van der Waals surface area contributed by atoms with E-state index in [-0.39, 0.29) is 12.3 Å². The van der Waals surface area contributed by atoms with Gasteiger partial charge in [-0.15, -0.1) is 0 Å². The Morgan fingerprint density at radius 2 is 1.88 bits per heavy atom. The Labute approximate surface area is 94.1 Å². The molecule has 3 N–H and O–H groups in total. The number of hydrogen-bond acceptors (Lipinski definition) is 2. The van der Waals surface area contributed by atoms with Crippen LogP contribution in [0.2, 0.25) is 0 Å². The third-order valence-electron chi connectivity index (χ3n) is 2.67. The number of amides is 1. The van der Waals surface area contributed by atoms with E-state index in [1.807, 2.05) is 30.3 Å². The molecule has 0 radical (unpaired) electrons. The molecular weight excluding hydrogens is 206 g/mol. The summed E-state index contributed by atoms with van der Waals surface area (Å²) in [4.78, 5) is 21.9. The van der Waals surface area contributed by atoms with Gasteiger partial charge in [-0.3, -0.25) is 9.59 Å². The van der Waals surface area contributed by atoms with Crippen LogP contribution >= 0.6 is 0 Å². The first-order valence-corrected chi connectivity index (χ1v) is 5.08. The third-order valence-corrected chi connectivity index (χ3v) is 2.67. The van der Waals surface area contributed by atoms with E-state index in [2.05, 4.69) is 0 Å². The zero-order valence-corrected chi connectivity index (χ0v) is 9.09. The molecule has 4 nitrogen and oxygen atoms in total. The third kappa shape index (κ3) is 3.08. The topological polar surface area (TPSA) is 80.4 Å². The molecule has 0 saturated carbocycles. The highest BCUT2D eigenvalue weighted by atomic mass is 16.4. The Hall–Kier alpha value is -1.84. The van der Waals surface area contributed by atoms with E-state index in [0.29, 0.717) is 0 Å². The highest BCUT2D eigenvalue weighted by molar-refractivity contribution is 5.81. The molecule has 0 heterocycles. The van der Waals surface area contributed by atoms with E-state index in [1.165, 1.54) is 0 Å². The summed E-state index contributed by atoms with van der Waals surface area (Å²) in [5.41, 5.74) is 5.94. The number of carbonyl (C=O) groups is 2. The van der Waals surface area contributed by atoms with E-state index in [9.17, 15) is 9.59 Å². The van der Waals surface area contributed by atoms with Gasteiger partial charge in [0.1, 0.15) is 0 Å². The van der Waals surface area contributed by atoms with Crippen LogP contribution in [0.15, 0.2) is 30.3 Å². The lowest BCUT2D eigenvalue weighted by Gasteiger charge is -2.19. The quantitative estimate of drug-likeness (QED) is 0.787. The van der Waals surface area contributed by atoms with Crippen LogP contribution in [0.4, 0.5) is 0 Å². The molecule has 2 atom stereocenters. The molecule has 0 aliphatic heterocycles. The van der Waals surface area contributed by atoms with Crippen molar-refractivity contribution in [2.24, 2.45) is 11.7 Å². The molecule has 2 unspecified atom stereocenters. The molecule has 0 saturated heterocycles. The van der Waals surface area contributed by atoms with Crippen LogP contribution in [-0.2, 0) is 9.59 Å². The molecule has 86 valence electrons. The van der Waals surface area contributed by atoms with Gasteiger partial charge in [-0.1, -0.05) is 37.3 Å². The van der Waals surface area contributed by atoms with E-state index < -0.39 is 17.8 Å². The molecule has 1 rings (SSSR count). The van der Waals surface area contributed by atoms with Crippen molar-refractivity contribution in [3.63, 3.8) is 0 Å². The van der Waals surface area contributed by atoms with Crippen LogP contribution in [0, 0.1) is 5.92 Å². The molecule has 0 fully saturated rings. The van der Waals surface area contributed by atoms with Gasteiger partial charge in [0.15, 0.2) is 0 Å². The van der Waals surface area contributed by atoms with Gasteiger partial charge in [0, 0.05) is 6.42 Å². The van der Waals surface area contributed by atoms with Gasteiger partial charge in [0.25, 0.3) is 0 Å². The average Bonchev–Trinajstić information content (AvgIpc) is 2.25. The Morgan fingerprint density at radius 3 is 2.31 bits per heavy atom. The van der Waals surface area contributed by atoms with Gasteiger partial charge in [-0.25, -0.2) is 0 Å². The lowest BCUT2D eigenvalue weighted by Crippen LogP contribution is -2.26. The summed E-state index contributed by atoms with van der Waals surface area (Å²) in [5.74, 6) is -2.57. The van der Waals surface area contributed by atoms with Gasteiger partial charge in [-0.2, -0.15) is 0 Å². The monoisotopic (exact) mass is 221 g/mol. The summed E-state index contributed by atoms with van der Waals surface area (Å²) in [6.45, 7) is 1.79. The van der Waals surface area contributed by atoms with E-state index in [1.54, 1.807) is 6.92 Å². The molecule has 0 aliphatic rings. The van der Waals surface area contributed by atoms with Gasteiger partial charge in [0.05, 0.1) is 5.92 Å². The minimum Gasteiger partial charge on any atom is -0.481 e. The Kier molecular flexibility index (Phi) is 4.05. The van der Waals surface area contributed by atoms with E-state index >= 15 is 0 Å².